The van der Waals surface area contributed by atoms with Crippen molar-refractivity contribution in [1.29, 1.82) is 0 Å². The van der Waals surface area contributed by atoms with Crippen molar-refractivity contribution in [3.05, 3.63) is 45.9 Å². The van der Waals surface area contributed by atoms with E-state index in [0.717, 1.165) is 39.8 Å². The van der Waals surface area contributed by atoms with Crippen LogP contribution in [0.4, 0.5) is 0 Å². The lowest BCUT2D eigenvalue weighted by Crippen LogP contribution is -2.32. The second-order valence-corrected chi connectivity index (χ2v) is 7.68. The van der Waals surface area contributed by atoms with Crippen LogP contribution in [-0.4, -0.2) is 16.9 Å². The number of nitrogens with one attached hydrogen (secondary N) is 1. The number of hydrogen-bond donors (Lipinski definition) is 1. The topological polar surface area (TPSA) is 42.0 Å². The number of thiazole rings is 1. The minimum atomic E-state index is 0.0597. The molecule has 0 unspecified atom stereocenters. The molecule has 0 bridgehead atoms. The molecule has 1 saturated carbocycles. The van der Waals surface area contributed by atoms with Crippen LogP contribution in [0.3, 0.4) is 0 Å². The van der Waals surface area contributed by atoms with Crippen LogP contribution in [0.25, 0.3) is 0 Å². The number of rotatable bonds is 5. The molecule has 1 fully saturated rings. The molecule has 3 nitrogen and oxygen atoms in total. The van der Waals surface area contributed by atoms with Gasteiger partial charge in [-0.15, -0.1) is 23.1 Å². The van der Waals surface area contributed by atoms with Gasteiger partial charge in [-0.05, 0) is 31.9 Å². The first-order chi connectivity index (χ1) is 10.7. The number of aromatic nitrogens is 1. The van der Waals surface area contributed by atoms with Crippen molar-refractivity contribution in [3.8, 4) is 0 Å². The molecule has 1 heterocycles. The van der Waals surface area contributed by atoms with Gasteiger partial charge in [-0.3, -0.25) is 4.79 Å². The van der Waals surface area contributed by atoms with Crippen molar-refractivity contribution in [2.45, 2.75) is 49.3 Å². The Hall–Kier alpha value is -1.33. The first kappa shape index (κ1) is 15.6. The molecule has 1 aliphatic rings. The summed E-state index contributed by atoms with van der Waals surface area (Å²) in [7, 11) is 0. The van der Waals surface area contributed by atoms with E-state index in [9.17, 15) is 4.79 Å². The molecule has 1 amide bonds. The molecule has 0 spiro atoms. The van der Waals surface area contributed by atoms with Crippen LogP contribution in [0.1, 0.15) is 46.7 Å². The van der Waals surface area contributed by atoms with Crippen molar-refractivity contribution >= 4 is 29.0 Å². The first-order valence-electron chi connectivity index (χ1n) is 7.66. The summed E-state index contributed by atoms with van der Waals surface area (Å²) in [5, 5.41) is 6.34. The van der Waals surface area contributed by atoms with Gasteiger partial charge in [-0.25, -0.2) is 4.98 Å². The maximum Gasteiger partial charge on any atom is 0.252 e. The zero-order valence-corrected chi connectivity index (χ0v) is 14.3. The van der Waals surface area contributed by atoms with E-state index in [1.165, 1.54) is 12.8 Å². The van der Waals surface area contributed by atoms with Crippen LogP contribution in [0, 0.1) is 6.92 Å². The zero-order chi connectivity index (χ0) is 15.4. The Morgan fingerprint density at radius 3 is 2.86 bits per heavy atom. The number of nitrogens with zero attached hydrogens (tertiary/aromatic N) is 1. The van der Waals surface area contributed by atoms with Gasteiger partial charge in [-0.1, -0.05) is 25.0 Å². The largest absolute Gasteiger partial charge is 0.349 e. The summed E-state index contributed by atoms with van der Waals surface area (Å²) in [4.78, 5) is 18.0. The predicted octanol–water partition coefficient (Wildman–Crippen LogP) is 4.42. The number of carbonyl (C=O) groups is 1. The summed E-state index contributed by atoms with van der Waals surface area (Å²) >= 11 is 3.35. The summed E-state index contributed by atoms with van der Waals surface area (Å²) in [6, 6.07) is 8.21. The summed E-state index contributed by atoms with van der Waals surface area (Å²) in [5.74, 6) is 0.863. The maximum absolute atomic E-state index is 12.5. The Morgan fingerprint density at radius 1 is 1.36 bits per heavy atom. The molecule has 1 aromatic heterocycles. The zero-order valence-electron chi connectivity index (χ0n) is 12.7. The Balaban J connectivity index is 1.67. The Morgan fingerprint density at radius 2 is 2.14 bits per heavy atom. The van der Waals surface area contributed by atoms with E-state index >= 15 is 0 Å². The highest BCUT2D eigenvalue weighted by atomic mass is 32.2. The van der Waals surface area contributed by atoms with Gasteiger partial charge in [0.05, 0.1) is 16.3 Å². The molecule has 0 radical (unpaired) electrons. The number of carbonyl (C=O) groups excluding carboxylic acids is 1. The molecule has 116 valence electrons. The third-order valence-electron chi connectivity index (χ3n) is 3.86. The van der Waals surface area contributed by atoms with Gasteiger partial charge in [0.1, 0.15) is 0 Å². The number of aryl methyl sites for hydroxylation is 1. The Bertz CT molecular complexity index is 648. The van der Waals surface area contributed by atoms with Crippen LogP contribution in [0.15, 0.2) is 34.5 Å². The van der Waals surface area contributed by atoms with Crippen molar-refractivity contribution < 1.29 is 4.79 Å². The molecule has 2 aromatic rings. The summed E-state index contributed by atoms with van der Waals surface area (Å²) < 4.78 is 0. The fraction of sp³-hybridized carbons (Fsp3) is 0.412. The number of benzene rings is 1. The van der Waals surface area contributed by atoms with E-state index in [4.69, 9.17) is 0 Å². The molecule has 0 atom stereocenters. The maximum atomic E-state index is 12.5. The monoisotopic (exact) mass is 332 g/mol. The molecule has 1 aliphatic carbocycles. The van der Waals surface area contributed by atoms with Gasteiger partial charge in [0, 0.05) is 22.1 Å². The van der Waals surface area contributed by atoms with Gasteiger partial charge < -0.3 is 5.32 Å². The quantitative estimate of drug-likeness (QED) is 0.824. The van der Waals surface area contributed by atoms with E-state index < -0.39 is 0 Å². The van der Waals surface area contributed by atoms with Crippen LogP contribution in [-0.2, 0) is 5.75 Å². The third kappa shape index (κ3) is 3.90. The molecule has 22 heavy (non-hydrogen) atoms. The van der Waals surface area contributed by atoms with E-state index in [-0.39, 0.29) is 5.91 Å². The van der Waals surface area contributed by atoms with Gasteiger partial charge in [0.25, 0.3) is 5.91 Å². The van der Waals surface area contributed by atoms with Crippen LogP contribution in [0.5, 0.6) is 0 Å². The standard InChI is InChI=1S/C17H20N2OS2/c1-12-18-14(10-21-12)11-22-16-9-5-4-8-15(16)17(20)19-13-6-2-3-7-13/h4-5,8-10,13H,2-3,6-7,11H2,1H3,(H,19,20). The van der Waals surface area contributed by atoms with Crippen molar-refractivity contribution in [2.24, 2.45) is 0 Å². The number of hydrogen-bond acceptors (Lipinski definition) is 4. The van der Waals surface area contributed by atoms with Gasteiger partial charge in [0.2, 0.25) is 0 Å². The molecule has 1 aromatic carbocycles. The summed E-state index contributed by atoms with van der Waals surface area (Å²) in [6.07, 6.45) is 4.67. The Kier molecular flexibility index (Phi) is 5.16. The van der Waals surface area contributed by atoms with Crippen molar-refractivity contribution in [1.82, 2.24) is 10.3 Å². The summed E-state index contributed by atoms with van der Waals surface area (Å²) in [6.45, 7) is 2.02. The van der Waals surface area contributed by atoms with Gasteiger partial charge in [0.15, 0.2) is 0 Å². The van der Waals surface area contributed by atoms with E-state index in [1.807, 2.05) is 31.2 Å². The average Bonchev–Trinajstić information content (AvgIpc) is 3.17. The van der Waals surface area contributed by atoms with Gasteiger partial charge >= 0.3 is 0 Å². The molecule has 0 saturated heterocycles. The van der Waals surface area contributed by atoms with Crippen LogP contribution < -0.4 is 5.32 Å². The second kappa shape index (κ2) is 7.29. The molecule has 0 aliphatic heterocycles. The lowest BCUT2D eigenvalue weighted by Gasteiger charge is -2.14. The second-order valence-electron chi connectivity index (χ2n) is 5.60. The normalized spacial score (nSPS) is 15.1. The average molecular weight is 332 g/mol. The van der Waals surface area contributed by atoms with E-state index in [2.05, 4.69) is 15.7 Å². The smallest absolute Gasteiger partial charge is 0.252 e. The molecular formula is C17H20N2OS2. The third-order valence-corrected chi connectivity index (χ3v) is 5.79. The number of amides is 1. The highest BCUT2D eigenvalue weighted by Gasteiger charge is 2.19. The first-order valence-corrected chi connectivity index (χ1v) is 9.52. The molecule has 5 heteroatoms. The lowest BCUT2D eigenvalue weighted by atomic mass is 10.2. The fourth-order valence-corrected chi connectivity index (χ4v) is 4.40. The SMILES string of the molecule is Cc1nc(CSc2ccccc2C(=O)NC2CCCC2)cs1. The molecule has 1 N–H and O–H groups in total. The van der Waals surface area contributed by atoms with E-state index in [1.54, 1.807) is 23.1 Å². The predicted molar refractivity (Wildman–Crippen MR) is 92.6 cm³/mol. The number of thioether (sulfide) groups is 1. The highest BCUT2D eigenvalue weighted by Crippen LogP contribution is 2.27. The van der Waals surface area contributed by atoms with E-state index in [0.29, 0.717) is 6.04 Å². The van der Waals surface area contributed by atoms with Crippen LogP contribution >= 0.6 is 23.1 Å². The van der Waals surface area contributed by atoms with Crippen molar-refractivity contribution in [3.63, 3.8) is 0 Å². The molecular weight excluding hydrogens is 312 g/mol. The minimum Gasteiger partial charge on any atom is -0.349 e. The fourth-order valence-electron chi connectivity index (χ4n) is 2.74. The minimum absolute atomic E-state index is 0.0597. The summed E-state index contributed by atoms with van der Waals surface area (Å²) in [5.41, 5.74) is 1.87. The molecule has 3 rings (SSSR count). The Labute approximate surface area is 139 Å². The van der Waals surface area contributed by atoms with Gasteiger partial charge in [-0.2, -0.15) is 0 Å². The lowest BCUT2D eigenvalue weighted by molar-refractivity contribution is 0.0935. The van der Waals surface area contributed by atoms with Crippen LogP contribution in [0.2, 0.25) is 0 Å². The van der Waals surface area contributed by atoms with Crippen molar-refractivity contribution in [2.75, 3.05) is 0 Å². The highest BCUT2D eigenvalue weighted by molar-refractivity contribution is 7.98.